The zero-order chi connectivity index (χ0) is 15.5. The van der Waals surface area contributed by atoms with Gasteiger partial charge >= 0.3 is 0 Å². The van der Waals surface area contributed by atoms with Crippen LogP contribution in [0, 0.1) is 0 Å². The lowest BCUT2D eigenvalue weighted by Gasteiger charge is -2.12. The Balaban J connectivity index is 2.43. The van der Waals surface area contributed by atoms with Crippen molar-refractivity contribution in [2.45, 2.75) is 11.4 Å². The van der Waals surface area contributed by atoms with Crippen LogP contribution < -0.4 is 20.8 Å². The van der Waals surface area contributed by atoms with Crippen LogP contribution >= 0.6 is 0 Å². The van der Waals surface area contributed by atoms with Gasteiger partial charge in [0.15, 0.2) is 5.82 Å². The molecule has 2 aromatic rings. The summed E-state index contributed by atoms with van der Waals surface area (Å²) in [6.45, 7) is 0.198. The Morgan fingerprint density at radius 3 is 2.67 bits per heavy atom. The van der Waals surface area contributed by atoms with Gasteiger partial charge in [-0.3, -0.25) is 9.52 Å². The van der Waals surface area contributed by atoms with E-state index in [9.17, 15) is 13.2 Å². The molecule has 21 heavy (non-hydrogen) atoms. The van der Waals surface area contributed by atoms with E-state index in [0.717, 1.165) is 0 Å². The maximum atomic E-state index is 12.4. The van der Waals surface area contributed by atoms with Crippen molar-refractivity contribution < 1.29 is 13.2 Å². The van der Waals surface area contributed by atoms with Crippen molar-refractivity contribution in [3.63, 3.8) is 0 Å². The molecule has 4 N–H and O–H groups in total. The van der Waals surface area contributed by atoms with Gasteiger partial charge in [0.05, 0.1) is 7.11 Å². The lowest BCUT2D eigenvalue weighted by Crippen LogP contribution is -2.17. The van der Waals surface area contributed by atoms with E-state index in [1.165, 1.54) is 31.4 Å². The summed E-state index contributed by atoms with van der Waals surface area (Å²) < 4.78 is 32.0. The Hall–Kier alpha value is -2.39. The molecule has 0 spiro atoms. The molecular formula is C12H14N4O4S. The molecule has 1 aromatic heterocycles. The summed E-state index contributed by atoms with van der Waals surface area (Å²) in [6, 6.07) is 7.05. The monoisotopic (exact) mass is 310 g/mol. The lowest BCUT2D eigenvalue weighted by molar-refractivity contribution is 0.402. The zero-order valence-electron chi connectivity index (χ0n) is 11.2. The van der Waals surface area contributed by atoms with Crippen LogP contribution in [0.25, 0.3) is 0 Å². The summed E-state index contributed by atoms with van der Waals surface area (Å²) in [5.41, 5.74) is 5.73. The highest BCUT2D eigenvalue weighted by atomic mass is 32.2. The van der Waals surface area contributed by atoms with Crippen LogP contribution in [0.2, 0.25) is 0 Å². The van der Waals surface area contributed by atoms with Gasteiger partial charge < -0.3 is 10.5 Å². The minimum absolute atomic E-state index is 0.00481. The maximum Gasteiger partial charge on any atom is 0.266 e. The fourth-order valence-corrected chi connectivity index (χ4v) is 2.87. The average Bonchev–Trinajstić information content (AvgIpc) is 2.48. The van der Waals surface area contributed by atoms with Gasteiger partial charge in [-0.05, 0) is 23.8 Å². The van der Waals surface area contributed by atoms with E-state index >= 15 is 0 Å². The van der Waals surface area contributed by atoms with Gasteiger partial charge in [-0.2, -0.15) is 5.10 Å². The van der Waals surface area contributed by atoms with Gasteiger partial charge in [-0.25, -0.2) is 13.5 Å². The van der Waals surface area contributed by atoms with Crippen molar-refractivity contribution in [1.29, 1.82) is 0 Å². The van der Waals surface area contributed by atoms with Crippen molar-refractivity contribution in [3.8, 4) is 5.75 Å². The molecule has 0 aliphatic rings. The Morgan fingerprint density at radius 1 is 1.33 bits per heavy atom. The Bertz CT molecular complexity index is 781. The molecule has 0 radical (unpaired) electrons. The number of anilines is 1. The Kier molecular flexibility index (Phi) is 4.24. The molecule has 0 unspecified atom stereocenters. The van der Waals surface area contributed by atoms with Crippen LogP contribution in [0.5, 0.6) is 5.75 Å². The third-order valence-electron chi connectivity index (χ3n) is 2.67. The van der Waals surface area contributed by atoms with Crippen molar-refractivity contribution >= 4 is 15.8 Å². The molecule has 8 nitrogen and oxygen atoms in total. The van der Waals surface area contributed by atoms with E-state index < -0.39 is 15.6 Å². The van der Waals surface area contributed by atoms with E-state index in [-0.39, 0.29) is 23.0 Å². The summed E-state index contributed by atoms with van der Waals surface area (Å²) in [7, 11) is -2.55. The molecule has 2 rings (SSSR count). The fourth-order valence-electron chi connectivity index (χ4n) is 1.65. The third-order valence-corrected chi connectivity index (χ3v) is 4.05. The highest BCUT2D eigenvalue weighted by Crippen LogP contribution is 2.26. The number of methoxy groups -OCH3 is 1. The molecule has 9 heteroatoms. The second kappa shape index (κ2) is 5.94. The van der Waals surface area contributed by atoms with Gasteiger partial charge in [0.1, 0.15) is 10.6 Å². The van der Waals surface area contributed by atoms with Gasteiger partial charge in [0.2, 0.25) is 0 Å². The van der Waals surface area contributed by atoms with Crippen molar-refractivity contribution in [2.75, 3.05) is 11.8 Å². The lowest BCUT2D eigenvalue weighted by atomic mass is 10.2. The number of sulfonamides is 1. The van der Waals surface area contributed by atoms with Crippen LogP contribution in [0.1, 0.15) is 5.56 Å². The molecule has 0 fully saturated rings. The number of hydrogen-bond acceptors (Lipinski definition) is 6. The molecule has 0 aliphatic carbocycles. The number of benzene rings is 1. The molecule has 0 bridgehead atoms. The second-order valence-electron chi connectivity index (χ2n) is 4.10. The molecule has 1 aromatic carbocycles. The van der Waals surface area contributed by atoms with E-state index in [2.05, 4.69) is 14.9 Å². The number of rotatable bonds is 5. The van der Waals surface area contributed by atoms with Crippen LogP contribution in [-0.4, -0.2) is 25.7 Å². The van der Waals surface area contributed by atoms with Gasteiger partial charge in [-0.15, -0.1) is 0 Å². The topological polar surface area (TPSA) is 127 Å². The number of hydrogen-bond donors (Lipinski definition) is 3. The standard InChI is InChI=1S/C12H14N4O4S/c1-20-9-3-2-8(7-13)6-10(9)21(18,19)16-11-4-5-12(17)15-14-11/h2-6H,7,13H2,1H3,(H,14,16)(H,15,17). The molecular weight excluding hydrogens is 296 g/mol. The first kappa shape index (κ1) is 15.0. The molecule has 112 valence electrons. The van der Waals surface area contributed by atoms with Crippen LogP contribution in [-0.2, 0) is 16.6 Å². The molecule has 0 saturated carbocycles. The van der Waals surface area contributed by atoms with Gasteiger partial charge in [-0.1, -0.05) is 6.07 Å². The summed E-state index contributed by atoms with van der Waals surface area (Å²) >= 11 is 0. The quantitative estimate of drug-likeness (QED) is 0.715. The third kappa shape index (κ3) is 3.38. The average molecular weight is 310 g/mol. The number of nitrogens with zero attached hydrogens (tertiary/aromatic N) is 1. The highest BCUT2D eigenvalue weighted by Gasteiger charge is 2.20. The van der Waals surface area contributed by atoms with Crippen molar-refractivity contribution in [3.05, 3.63) is 46.2 Å². The zero-order valence-corrected chi connectivity index (χ0v) is 12.0. The van der Waals surface area contributed by atoms with E-state index in [4.69, 9.17) is 10.5 Å². The highest BCUT2D eigenvalue weighted by molar-refractivity contribution is 7.92. The summed E-state index contributed by atoms with van der Waals surface area (Å²) in [6.07, 6.45) is 0. The van der Waals surface area contributed by atoms with E-state index in [1.807, 2.05) is 0 Å². The van der Waals surface area contributed by atoms with Crippen LogP contribution in [0.4, 0.5) is 5.82 Å². The van der Waals surface area contributed by atoms with Crippen LogP contribution in [0.15, 0.2) is 40.0 Å². The van der Waals surface area contributed by atoms with E-state index in [1.54, 1.807) is 6.07 Å². The predicted octanol–water partition coefficient (Wildman–Crippen LogP) is 0.0380. The fraction of sp³-hybridized carbons (Fsp3) is 0.167. The van der Waals surface area contributed by atoms with Gasteiger partial charge in [0.25, 0.3) is 15.6 Å². The smallest absolute Gasteiger partial charge is 0.266 e. The maximum absolute atomic E-state index is 12.4. The SMILES string of the molecule is COc1ccc(CN)cc1S(=O)(=O)Nc1ccc(=O)[nH]n1. The summed E-state index contributed by atoms with van der Waals surface area (Å²) in [5, 5.41) is 5.74. The predicted molar refractivity (Wildman–Crippen MR) is 76.6 cm³/mol. The number of aromatic nitrogens is 2. The minimum atomic E-state index is -3.92. The number of ether oxygens (including phenoxy) is 1. The number of nitrogens with two attached hydrogens (primary N) is 1. The van der Waals surface area contributed by atoms with Crippen molar-refractivity contribution in [2.24, 2.45) is 5.73 Å². The van der Waals surface area contributed by atoms with Crippen molar-refractivity contribution in [1.82, 2.24) is 10.2 Å². The second-order valence-corrected chi connectivity index (χ2v) is 5.75. The number of H-pyrrole nitrogens is 1. The number of nitrogens with one attached hydrogen (secondary N) is 2. The summed E-state index contributed by atoms with van der Waals surface area (Å²) in [4.78, 5) is 10.9. The molecule has 0 aliphatic heterocycles. The number of aromatic amines is 1. The normalized spacial score (nSPS) is 11.1. The Labute approximate surface area is 121 Å². The first-order valence-electron chi connectivity index (χ1n) is 5.92. The largest absolute Gasteiger partial charge is 0.495 e. The molecule has 1 heterocycles. The molecule has 0 amide bonds. The Morgan fingerprint density at radius 2 is 2.10 bits per heavy atom. The van der Waals surface area contributed by atoms with Crippen LogP contribution in [0.3, 0.4) is 0 Å². The minimum Gasteiger partial charge on any atom is -0.495 e. The first-order chi connectivity index (χ1) is 9.96. The van der Waals surface area contributed by atoms with E-state index in [0.29, 0.717) is 5.56 Å². The molecule has 0 saturated heterocycles. The van der Waals surface area contributed by atoms with Gasteiger partial charge in [0, 0.05) is 12.6 Å². The molecule has 0 atom stereocenters. The summed E-state index contributed by atoms with van der Waals surface area (Å²) in [5.74, 6) is 0.180. The first-order valence-corrected chi connectivity index (χ1v) is 7.40.